The van der Waals surface area contributed by atoms with Gasteiger partial charge in [0.05, 0.1) is 14.2 Å². The van der Waals surface area contributed by atoms with Gasteiger partial charge in [0.25, 0.3) is 0 Å². The predicted octanol–water partition coefficient (Wildman–Crippen LogP) is 0.216. The highest BCUT2D eigenvalue weighted by Gasteiger charge is 2.08. The number of methoxy groups -OCH3 is 2. The van der Waals surface area contributed by atoms with E-state index in [0.717, 1.165) is 26.4 Å². The van der Waals surface area contributed by atoms with Gasteiger partial charge in [0.2, 0.25) is 11.5 Å². The summed E-state index contributed by atoms with van der Waals surface area (Å²) < 4.78 is 8.29. The molecule has 0 saturated carbocycles. The number of carbonyl (C=O) groups is 2. The van der Waals surface area contributed by atoms with Crippen LogP contribution in [0.5, 0.6) is 0 Å². The standard InChI is InChI=1S/C8H10O6/c1-13-7(11)5(9)3-4-6(10)8(12)14-2/h3-4,9-10H,1-2H3/b5-3-,6-4-. The lowest BCUT2D eigenvalue weighted by molar-refractivity contribution is -0.140. The summed E-state index contributed by atoms with van der Waals surface area (Å²) in [5, 5.41) is 17.8. The first kappa shape index (κ1) is 12.0. The molecule has 0 radical (unpaired) electrons. The van der Waals surface area contributed by atoms with Gasteiger partial charge in [0.15, 0.2) is 0 Å². The average Bonchev–Trinajstić information content (AvgIpc) is 2.22. The van der Waals surface area contributed by atoms with Crippen LogP contribution in [-0.4, -0.2) is 36.4 Å². The fourth-order valence-electron chi connectivity index (χ4n) is 0.503. The Bertz CT molecular complexity index is 258. The molecule has 0 aromatic rings. The number of aliphatic hydroxyl groups excluding tert-OH is 2. The second-order valence-corrected chi connectivity index (χ2v) is 2.09. The molecule has 0 aliphatic heterocycles. The van der Waals surface area contributed by atoms with Crippen molar-refractivity contribution in [1.29, 1.82) is 0 Å². The monoisotopic (exact) mass is 202 g/mol. The van der Waals surface area contributed by atoms with Crippen molar-refractivity contribution in [3.05, 3.63) is 23.7 Å². The molecule has 0 fully saturated rings. The summed E-state index contributed by atoms with van der Waals surface area (Å²) in [5.74, 6) is -3.41. The molecule has 0 aromatic heterocycles. The molecular formula is C8H10O6. The minimum atomic E-state index is -0.973. The molecule has 0 heterocycles. The summed E-state index contributed by atoms with van der Waals surface area (Å²) >= 11 is 0. The Morgan fingerprint density at radius 3 is 1.43 bits per heavy atom. The molecule has 0 atom stereocenters. The highest BCUT2D eigenvalue weighted by atomic mass is 16.5. The van der Waals surface area contributed by atoms with Crippen molar-refractivity contribution in [3.63, 3.8) is 0 Å². The van der Waals surface area contributed by atoms with Gasteiger partial charge in [0, 0.05) is 0 Å². The lowest BCUT2D eigenvalue weighted by Gasteiger charge is -1.96. The minimum absolute atomic E-state index is 0.733. The van der Waals surface area contributed by atoms with E-state index in [0.29, 0.717) is 0 Å². The highest BCUT2D eigenvalue weighted by molar-refractivity contribution is 5.88. The first-order chi connectivity index (χ1) is 6.52. The number of esters is 2. The van der Waals surface area contributed by atoms with Crippen molar-refractivity contribution in [3.8, 4) is 0 Å². The summed E-state index contributed by atoms with van der Waals surface area (Å²) in [5.41, 5.74) is 0. The van der Waals surface area contributed by atoms with Gasteiger partial charge in [-0.25, -0.2) is 9.59 Å². The average molecular weight is 202 g/mol. The number of hydrogen-bond acceptors (Lipinski definition) is 6. The lowest BCUT2D eigenvalue weighted by Crippen LogP contribution is -2.05. The second-order valence-electron chi connectivity index (χ2n) is 2.09. The summed E-state index contributed by atoms with van der Waals surface area (Å²) in [4.78, 5) is 21.2. The molecule has 0 saturated heterocycles. The maximum absolute atomic E-state index is 10.6. The lowest BCUT2D eigenvalue weighted by atomic mass is 10.4. The van der Waals surface area contributed by atoms with Crippen molar-refractivity contribution in [2.24, 2.45) is 0 Å². The van der Waals surface area contributed by atoms with Crippen molar-refractivity contribution in [2.45, 2.75) is 0 Å². The maximum atomic E-state index is 10.6. The van der Waals surface area contributed by atoms with Crippen molar-refractivity contribution >= 4 is 11.9 Å². The van der Waals surface area contributed by atoms with Gasteiger partial charge in [-0.05, 0) is 12.2 Å². The van der Waals surface area contributed by atoms with Crippen LogP contribution in [0, 0.1) is 0 Å². The van der Waals surface area contributed by atoms with Crippen molar-refractivity contribution in [2.75, 3.05) is 14.2 Å². The van der Waals surface area contributed by atoms with Crippen LogP contribution in [0.2, 0.25) is 0 Å². The van der Waals surface area contributed by atoms with Gasteiger partial charge in [0.1, 0.15) is 0 Å². The van der Waals surface area contributed by atoms with E-state index in [2.05, 4.69) is 9.47 Å². The Balaban J connectivity index is 4.53. The summed E-state index contributed by atoms with van der Waals surface area (Å²) in [6, 6.07) is 0. The number of allylic oxidation sites excluding steroid dienone is 2. The van der Waals surface area contributed by atoms with Gasteiger partial charge < -0.3 is 19.7 Å². The third-order valence-electron chi connectivity index (χ3n) is 1.19. The second kappa shape index (κ2) is 5.63. The summed E-state index contributed by atoms with van der Waals surface area (Å²) in [6.45, 7) is 0. The minimum Gasteiger partial charge on any atom is -0.502 e. The van der Waals surface area contributed by atoms with E-state index in [1.165, 1.54) is 0 Å². The smallest absolute Gasteiger partial charge is 0.373 e. The van der Waals surface area contributed by atoms with Crippen LogP contribution in [0.15, 0.2) is 23.7 Å². The molecule has 0 amide bonds. The molecule has 0 unspecified atom stereocenters. The Morgan fingerprint density at radius 1 is 0.929 bits per heavy atom. The van der Waals surface area contributed by atoms with Gasteiger partial charge in [-0.1, -0.05) is 0 Å². The molecule has 0 aliphatic rings. The van der Waals surface area contributed by atoms with Gasteiger partial charge in [-0.3, -0.25) is 0 Å². The van der Waals surface area contributed by atoms with E-state index < -0.39 is 23.5 Å². The third-order valence-corrected chi connectivity index (χ3v) is 1.19. The fourth-order valence-corrected chi connectivity index (χ4v) is 0.503. The van der Waals surface area contributed by atoms with Gasteiger partial charge in [-0.2, -0.15) is 0 Å². The molecule has 14 heavy (non-hydrogen) atoms. The molecule has 0 bridgehead atoms. The van der Waals surface area contributed by atoms with E-state index in [1.807, 2.05) is 0 Å². The van der Waals surface area contributed by atoms with Crippen LogP contribution >= 0.6 is 0 Å². The van der Waals surface area contributed by atoms with E-state index in [4.69, 9.17) is 10.2 Å². The molecule has 0 spiro atoms. The van der Waals surface area contributed by atoms with E-state index in [1.54, 1.807) is 0 Å². The first-order valence-corrected chi connectivity index (χ1v) is 3.49. The van der Waals surface area contributed by atoms with Gasteiger partial charge in [-0.15, -0.1) is 0 Å². The van der Waals surface area contributed by atoms with Crippen LogP contribution in [0.4, 0.5) is 0 Å². The molecule has 0 aromatic carbocycles. The van der Waals surface area contributed by atoms with Gasteiger partial charge >= 0.3 is 11.9 Å². The Kier molecular flexibility index (Phi) is 4.83. The summed E-state index contributed by atoms with van der Waals surface area (Å²) in [7, 11) is 2.16. The quantitative estimate of drug-likeness (QED) is 0.294. The van der Waals surface area contributed by atoms with Crippen LogP contribution in [-0.2, 0) is 19.1 Å². The topological polar surface area (TPSA) is 93.1 Å². The van der Waals surface area contributed by atoms with E-state index in [-0.39, 0.29) is 0 Å². The largest absolute Gasteiger partial charge is 0.502 e. The predicted molar refractivity (Wildman–Crippen MR) is 45.5 cm³/mol. The number of carbonyl (C=O) groups excluding carboxylic acids is 2. The van der Waals surface area contributed by atoms with E-state index >= 15 is 0 Å². The zero-order valence-electron chi connectivity index (χ0n) is 7.68. The molecule has 0 aliphatic carbocycles. The van der Waals surface area contributed by atoms with Crippen LogP contribution in [0.3, 0.4) is 0 Å². The number of rotatable bonds is 3. The maximum Gasteiger partial charge on any atom is 0.373 e. The third kappa shape index (κ3) is 3.61. The zero-order chi connectivity index (χ0) is 11.1. The summed E-state index contributed by atoms with van der Waals surface area (Å²) in [6.07, 6.45) is 1.64. The van der Waals surface area contributed by atoms with Crippen LogP contribution < -0.4 is 0 Å². The molecular weight excluding hydrogens is 192 g/mol. The van der Waals surface area contributed by atoms with Crippen LogP contribution in [0.25, 0.3) is 0 Å². The highest BCUT2D eigenvalue weighted by Crippen LogP contribution is 1.97. The Hall–Kier alpha value is -1.98. The normalized spacial score (nSPS) is 12.1. The SMILES string of the molecule is COC(=O)/C(O)=C/C=C(\O)C(=O)OC. The number of aliphatic hydroxyl groups is 2. The van der Waals surface area contributed by atoms with E-state index in [9.17, 15) is 9.59 Å². The Morgan fingerprint density at radius 2 is 1.21 bits per heavy atom. The van der Waals surface area contributed by atoms with Crippen LogP contribution in [0.1, 0.15) is 0 Å². The number of ether oxygens (including phenoxy) is 2. The fraction of sp³-hybridized carbons (Fsp3) is 0.250. The van der Waals surface area contributed by atoms with Crippen molar-refractivity contribution < 1.29 is 29.3 Å². The molecule has 78 valence electrons. The zero-order valence-corrected chi connectivity index (χ0v) is 7.68. The molecule has 6 nitrogen and oxygen atoms in total. The Labute approximate surface area is 80.1 Å². The van der Waals surface area contributed by atoms with Crippen molar-refractivity contribution in [1.82, 2.24) is 0 Å². The number of hydrogen-bond donors (Lipinski definition) is 2. The molecule has 6 heteroatoms. The first-order valence-electron chi connectivity index (χ1n) is 3.49. The molecule has 0 rings (SSSR count). The molecule has 2 N–H and O–H groups in total.